The zero-order valence-electron chi connectivity index (χ0n) is 12.4. The molecule has 3 rings (SSSR count). The number of anilines is 1. The lowest BCUT2D eigenvalue weighted by atomic mass is 10.1. The minimum Gasteiger partial charge on any atom is -0.394 e. The van der Waals surface area contributed by atoms with Gasteiger partial charge in [-0.25, -0.2) is 4.68 Å². The molecular weight excluding hydrogens is 360 g/mol. The van der Waals surface area contributed by atoms with E-state index in [1.807, 2.05) is 24.3 Å². The van der Waals surface area contributed by atoms with Crippen LogP contribution in [-0.4, -0.2) is 34.2 Å². The number of hydrogen-bond acceptors (Lipinski definition) is 5. The molecule has 1 aliphatic rings. The zero-order valence-corrected chi connectivity index (χ0v) is 14.0. The third-order valence-electron chi connectivity index (χ3n) is 4.07. The second kappa shape index (κ2) is 6.71. The van der Waals surface area contributed by atoms with E-state index in [1.165, 1.54) is 0 Å². The van der Waals surface area contributed by atoms with Crippen LogP contribution in [0.2, 0.25) is 0 Å². The fraction of sp³-hybridized carbons (Fsp3) is 0.375. The monoisotopic (exact) mass is 376 g/mol. The molecule has 6 nitrogen and oxygen atoms in total. The molecule has 1 fully saturated rings. The molecule has 2 heterocycles. The van der Waals surface area contributed by atoms with Crippen LogP contribution in [0.1, 0.15) is 24.4 Å². The van der Waals surface area contributed by atoms with Gasteiger partial charge in [0.05, 0.1) is 25.4 Å². The number of ether oxygens (including phenoxy) is 1. The predicted molar refractivity (Wildman–Crippen MR) is 89.6 cm³/mol. The molecule has 1 aromatic heterocycles. The molecular formula is C16H17BrN4O2. The van der Waals surface area contributed by atoms with Gasteiger partial charge in [0.15, 0.2) is 0 Å². The lowest BCUT2D eigenvalue weighted by molar-refractivity contribution is -0.0406. The third kappa shape index (κ3) is 3.11. The quantitative estimate of drug-likeness (QED) is 0.857. The first kappa shape index (κ1) is 16.0. The van der Waals surface area contributed by atoms with Crippen LogP contribution >= 0.6 is 15.9 Å². The second-order valence-electron chi connectivity index (χ2n) is 5.54. The van der Waals surface area contributed by atoms with E-state index < -0.39 is 0 Å². The highest BCUT2D eigenvalue weighted by Crippen LogP contribution is 2.32. The highest BCUT2D eigenvalue weighted by atomic mass is 79.9. The van der Waals surface area contributed by atoms with Crippen LogP contribution in [0.5, 0.6) is 0 Å². The minimum atomic E-state index is -0.121. The lowest BCUT2D eigenvalue weighted by Gasteiger charge is -2.28. The Morgan fingerprint density at radius 2 is 2.13 bits per heavy atom. The summed E-state index contributed by atoms with van der Waals surface area (Å²) in [5.74, 6) is 0.362. The average molecular weight is 377 g/mol. The Kier molecular flexibility index (Phi) is 4.66. The van der Waals surface area contributed by atoms with Gasteiger partial charge in [-0.15, -0.1) is 0 Å². The maximum atomic E-state index is 9.45. The standard InChI is InChI=1S/C16H17BrN4O2/c17-11-3-1-10(2-4-11)15-14(7-18)16(19)21(20-15)12-5-6-13(8-22)23-9-12/h1-4,12-13,22H,5-6,8-9,19H2. The smallest absolute Gasteiger partial charge is 0.140 e. The molecule has 7 heteroatoms. The molecule has 3 N–H and O–H groups in total. The molecule has 0 radical (unpaired) electrons. The van der Waals surface area contributed by atoms with Crippen molar-refractivity contribution in [2.24, 2.45) is 0 Å². The van der Waals surface area contributed by atoms with Gasteiger partial charge in [0, 0.05) is 10.0 Å². The van der Waals surface area contributed by atoms with Crippen molar-refractivity contribution in [3.8, 4) is 17.3 Å². The molecule has 1 aliphatic heterocycles. The zero-order chi connectivity index (χ0) is 16.4. The van der Waals surface area contributed by atoms with E-state index in [4.69, 9.17) is 15.6 Å². The number of benzene rings is 1. The van der Waals surface area contributed by atoms with E-state index in [-0.39, 0.29) is 18.8 Å². The number of hydrogen-bond donors (Lipinski definition) is 2. The van der Waals surface area contributed by atoms with Crippen LogP contribution in [0, 0.1) is 11.3 Å². The predicted octanol–water partition coefficient (Wildman–Crippen LogP) is 2.48. The maximum absolute atomic E-state index is 9.45. The van der Waals surface area contributed by atoms with Gasteiger partial charge < -0.3 is 15.6 Å². The van der Waals surface area contributed by atoms with Crippen molar-refractivity contribution in [1.82, 2.24) is 9.78 Å². The highest BCUT2D eigenvalue weighted by Gasteiger charge is 2.27. The molecule has 2 aromatic rings. The molecule has 0 saturated carbocycles. The number of aliphatic hydroxyl groups excluding tert-OH is 1. The van der Waals surface area contributed by atoms with Gasteiger partial charge in [-0.2, -0.15) is 10.4 Å². The van der Waals surface area contributed by atoms with Crippen LogP contribution in [-0.2, 0) is 4.74 Å². The first-order valence-electron chi connectivity index (χ1n) is 7.40. The minimum absolute atomic E-state index is 0.0194. The van der Waals surface area contributed by atoms with E-state index in [9.17, 15) is 5.26 Å². The normalized spacial score (nSPS) is 21.1. The number of aromatic nitrogens is 2. The van der Waals surface area contributed by atoms with Crippen LogP contribution in [0.4, 0.5) is 5.82 Å². The highest BCUT2D eigenvalue weighted by molar-refractivity contribution is 9.10. The molecule has 2 atom stereocenters. The average Bonchev–Trinajstić information content (AvgIpc) is 2.92. The van der Waals surface area contributed by atoms with E-state index in [1.54, 1.807) is 4.68 Å². The summed E-state index contributed by atoms with van der Waals surface area (Å²) in [7, 11) is 0. The van der Waals surface area contributed by atoms with Crippen molar-refractivity contribution in [3.05, 3.63) is 34.3 Å². The van der Waals surface area contributed by atoms with Crippen LogP contribution in [0.15, 0.2) is 28.7 Å². The van der Waals surface area contributed by atoms with Crippen LogP contribution in [0.3, 0.4) is 0 Å². The SMILES string of the molecule is N#Cc1c(-c2ccc(Br)cc2)nn(C2CCC(CO)OC2)c1N. The summed E-state index contributed by atoms with van der Waals surface area (Å²) in [6.07, 6.45) is 1.43. The number of aliphatic hydroxyl groups is 1. The van der Waals surface area contributed by atoms with Crippen LogP contribution in [0.25, 0.3) is 11.3 Å². The van der Waals surface area contributed by atoms with Gasteiger partial charge in [0.25, 0.3) is 0 Å². The van der Waals surface area contributed by atoms with Gasteiger partial charge in [-0.3, -0.25) is 0 Å². The Bertz CT molecular complexity index is 728. The Balaban J connectivity index is 1.94. The van der Waals surface area contributed by atoms with Gasteiger partial charge in [0.2, 0.25) is 0 Å². The molecule has 120 valence electrons. The van der Waals surface area contributed by atoms with Crippen molar-refractivity contribution < 1.29 is 9.84 Å². The molecule has 0 aliphatic carbocycles. The molecule has 0 amide bonds. The van der Waals surface area contributed by atoms with Crippen molar-refractivity contribution in [2.75, 3.05) is 18.9 Å². The van der Waals surface area contributed by atoms with Crippen molar-refractivity contribution >= 4 is 21.7 Å². The molecule has 2 unspecified atom stereocenters. The van der Waals surface area contributed by atoms with Gasteiger partial charge in [-0.05, 0) is 25.0 Å². The first-order valence-corrected chi connectivity index (χ1v) is 8.19. The Morgan fingerprint density at radius 3 is 2.70 bits per heavy atom. The van der Waals surface area contributed by atoms with Crippen molar-refractivity contribution in [3.63, 3.8) is 0 Å². The number of nitrogens with two attached hydrogens (primary N) is 1. The third-order valence-corrected chi connectivity index (χ3v) is 4.60. The fourth-order valence-corrected chi connectivity index (χ4v) is 3.04. The summed E-state index contributed by atoms with van der Waals surface area (Å²) >= 11 is 3.40. The van der Waals surface area contributed by atoms with Crippen molar-refractivity contribution in [1.29, 1.82) is 5.26 Å². The Labute approximate surface area is 142 Å². The van der Waals surface area contributed by atoms with Gasteiger partial charge in [-0.1, -0.05) is 28.1 Å². The number of halogens is 1. The van der Waals surface area contributed by atoms with E-state index in [2.05, 4.69) is 27.1 Å². The summed E-state index contributed by atoms with van der Waals surface area (Å²) in [6.45, 7) is 0.455. The summed E-state index contributed by atoms with van der Waals surface area (Å²) < 4.78 is 8.24. The first-order chi connectivity index (χ1) is 11.1. The molecule has 1 saturated heterocycles. The summed E-state index contributed by atoms with van der Waals surface area (Å²) in [4.78, 5) is 0. The number of rotatable bonds is 3. The molecule has 23 heavy (non-hydrogen) atoms. The molecule has 0 spiro atoms. The van der Waals surface area contributed by atoms with E-state index in [0.29, 0.717) is 23.7 Å². The second-order valence-corrected chi connectivity index (χ2v) is 6.46. The largest absolute Gasteiger partial charge is 0.394 e. The Hall–Kier alpha value is -1.88. The Morgan fingerprint density at radius 1 is 1.39 bits per heavy atom. The van der Waals surface area contributed by atoms with Gasteiger partial charge in [0.1, 0.15) is 23.1 Å². The van der Waals surface area contributed by atoms with E-state index in [0.717, 1.165) is 22.9 Å². The fourth-order valence-electron chi connectivity index (χ4n) is 2.77. The number of nitrogen functional groups attached to an aromatic ring is 1. The maximum Gasteiger partial charge on any atom is 0.140 e. The molecule has 0 bridgehead atoms. The van der Waals surface area contributed by atoms with Gasteiger partial charge >= 0.3 is 0 Å². The lowest BCUT2D eigenvalue weighted by Crippen LogP contribution is -2.31. The summed E-state index contributed by atoms with van der Waals surface area (Å²) in [6, 6.07) is 9.74. The van der Waals surface area contributed by atoms with Crippen molar-refractivity contribution in [2.45, 2.75) is 25.0 Å². The molecule has 1 aromatic carbocycles. The van der Waals surface area contributed by atoms with Crippen LogP contribution < -0.4 is 5.73 Å². The topological polar surface area (TPSA) is 97.1 Å². The van der Waals surface area contributed by atoms with E-state index >= 15 is 0 Å². The summed E-state index contributed by atoms with van der Waals surface area (Å²) in [5.41, 5.74) is 7.96. The number of nitrogens with zero attached hydrogens (tertiary/aromatic N) is 3. The summed E-state index contributed by atoms with van der Waals surface area (Å²) in [5, 5.41) is 23.2. The number of nitriles is 1.